The highest BCUT2D eigenvalue weighted by atomic mass is 32.2. The molecule has 4 aromatic rings. The number of amides is 1. The first kappa shape index (κ1) is 27.3. The van der Waals surface area contributed by atoms with Crippen molar-refractivity contribution < 1.29 is 30.8 Å². The maximum Gasteiger partial charge on any atom is 0.416 e. The number of rotatable bonds is 7. The van der Waals surface area contributed by atoms with Gasteiger partial charge in [-0.05, 0) is 30.3 Å². The number of aryl methyl sites for hydroxylation is 1. The third-order valence-electron chi connectivity index (χ3n) is 6.59. The minimum Gasteiger partial charge on any atom is -0.332 e. The Hall–Kier alpha value is -4.27. The molecule has 0 saturated carbocycles. The lowest BCUT2D eigenvalue weighted by Gasteiger charge is -2.39. The van der Waals surface area contributed by atoms with Gasteiger partial charge in [0.25, 0.3) is 5.91 Å². The molecule has 15 heteroatoms. The number of hydrogen-bond acceptors (Lipinski definition) is 6. The van der Waals surface area contributed by atoms with Gasteiger partial charge >= 0.3 is 11.9 Å². The van der Waals surface area contributed by atoms with Gasteiger partial charge in [-0.15, -0.1) is 0 Å². The van der Waals surface area contributed by atoms with E-state index in [1.807, 2.05) is 0 Å². The number of hydrogen-bond donors (Lipinski definition) is 0. The lowest BCUT2D eigenvalue weighted by Crippen LogP contribution is -2.52. The molecule has 0 atom stereocenters. The van der Waals surface area contributed by atoms with Gasteiger partial charge in [-0.25, -0.2) is 27.2 Å². The van der Waals surface area contributed by atoms with E-state index in [4.69, 9.17) is 0 Å². The van der Waals surface area contributed by atoms with Gasteiger partial charge < -0.3 is 4.90 Å². The predicted molar refractivity (Wildman–Crippen MR) is 137 cm³/mol. The fourth-order valence-electron chi connectivity index (χ4n) is 4.58. The van der Waals surface area contributed by atoms with Gasteiger partial charge in [0.05, 0.1) is 41.3 Å². The summed E-state index contributed by atoms with van der Waals surface area (Å²) in [4.78, 5) is 31.3. The number of likely N-dealkylation sites (tertiary alicyclic amines) is 1. The number of benzene rings is 1. The molecule has 4 heterocycles. The minimum atomic E-state index is -4.57. The Kier molecular flexibility index (Phi) is 6.64. The monoisotopic (exact) mass is 578 g/mol. The van der Waals surface area contributed by atoms with Gasteiger partial charge in [0, 0.05) is 42.9 Å². The predicted octanol–water partition coefficient (Wildman–Crippen LogP) is 2.98. The van der Waals surface area contributed by atoms with E-state index in [0.29, 0.717) is 16.6 Å². The Morgan fingerprint density at radius 1 is 1.15 bits per heavy atom. The molecular weight excluding hydrogens is 556 g/mol. The quantitative estimate of drug-likeness (QED) is 0.246. The van der Waals surface area contributed by atoms with Crippen LogP contribution < -0.4 is 5.69 Å². The molecule has 10 nitrogen and oxygen atoms in total. The van der Waals surface area contributed by atoms with E-state index in [2.05, 4.69) is 16.7 Å². The molecule has 0 radical (unpaired) electrons. The van der Waals surface area contributed by atoms with Gasteiger partial charge in [-0.2, -0.15) is 18.3 Å². The maximum atomic E-state index is 13.8. The van der Waals surface area contributed by atoms with Crippen LogP contribution in [-0.4, -0.2) is 68.2 Å². The average molecular weight is 579 g/mol. The summed E-state index contributed by atoms with van der Waals surface area (Å²) >= 11 is 0. The van der Waals surface area contributed by atoms with E-state index in [0.717, 1.165) is 30.5 Å². The molecule has 1 aliphatic heterocycles. The van der Waals surface area contributed by atoms with Gasteiger partial charge in [0.15, 0.2) is 11.5 Å². The molecule has 0 bridgehead atoms. The number of sulfone groups is 1. The molecular formula is C25H22F4N6O4S. The van der Waals surface area contributed by atoms with Crippen molar-refractivity contribution in [2.45, 2.75) is 18.8 Å². The molecule has 3 aromatic heterocycles. The number of halogens is 4. The molecule has 1 aliphatic rings. The van der Waals surface area contributed by atoms with Gasteiger partial charge in [0.2, 0.25) is 0 Å². The highest BCUT2D eigenvalue weighted by Gasteiger charge is 2.37. The third kappa shape index (κ3) is 5.03. The fraction of sp³-hybridized carbons (Fsp3) is 0.280. The minimum absolute atomic E-state index is 0.00421. The van der Waals surface area contributed by atoms with Crippen molar-refractivity contribution in [1.29, 1.82) is 0 Å². The van der Waals surface area contributed by atoms with Crippen LogP contribution in [0.3, 0.4) is 0 Å². The summed E-state index contributed by atoms with van der Waals surface area (Å²) in [5.74, 6) is -2.18. The molecule has 1 fully saturated rings. The molecule has 1 saturated heterocycles. The average Bonchev–Trinajstić information content (AvgIpc) is 3.43. The molecule has 5 rings (SSSR count). The van der Waals surface area contributed by atoms with Gasteiger partial charge in [0.1, 0.15) is 9.84 Å². The van der Waals surface area contributed by atoms with Gasteiger partial charge in [-0.3, -0.25) is 14.0 Å². The molecule has 0 spiro atoms. The first-order chi connectivity index (χ1) is 18.7. The van der Waals surface area contributed by atoms with E-state index in [1.165, 1.54) is 31.1 Å². The van der Waals surface area contributed by atoms with Crippen LogP contribution in [0.5, 0.6) is 0 Å². The molecule has 0 N–H and O–H groups in total. The topological polar surface area (TPSA) is 112 Å². The Labute approximate surface area is 224 Å². The Morgan fingerprint density at radius 3 is 2.42 bits per heavy atom. The summed E-state index contributed by atoms with van der Waals surface area (Å²) in [6.07, 6.45) is 1.07. The molecule has 0 unspecified atom stereocenters. The first-order valence-electron chi connectivity index (χ1n) is 11.9. The van der Waals surface area contributed by atoms with Crippen molar-refractivity contribution in [1.82, 2.24) is 28.8 Å². The zero-order chi connectivity index (χ0) is 29.0. The Balaban J connectivity index is 1.64. The van der Waals surface area contributed by atoms with Crippen molar-refractivity contribution in [3.63, 3.8) is 0 Å². The standard InChI is InChI=1S/C25H22F4N6O4S/c1-15(26)23(36)32-13-19(14-32)34-21-20(16-11-31-33(12-16)9-10-40(2,38)39)7-8-30-22(21)35(24(34)37)18-5-3-17(4-6-18)25(27,28)29/h3-8,11-12,19H,1,9-10,13-14H2,2H3. The lowest BCUT2D eigenvalue weighted by atomic mass is 10.1. The fourth-order valence-corrected chi connectivity index (χ4v) is 5.10. The van der Waals surface area contributed by atoms with Crippen molar-refractivity contribution >= 4 is 26.9 Å². The van der Waals surface area contributed by atoms with Crippen LogP contribution in [0.15, 0.2) is 66.1 Å². The number of pyridine rings is 1. The summed E-state index contributed by atoms with van der Waals surface area (Å²) in [7, 11) is -3.24. The SMILES string of the molecule is C=C(F)C(=O)N1CC(n2c(=O)n(-c3ccc(C(F)(F)F)cc3)c3nccc(-c4cnn(CCS(C)(=O)=O)c4)c32)C1. The van der Waals surface area contributed by atoms with Crippen molar-refractivity contribution in [2.75, 3.05) is 25.1 Å². The normalized spacial score (nSPS) is 14.5. The molecule has 0 aliphatic carbocycles. The van der Waals surface area contributed by atoms with Crippen LogP contribution in [0.1, 0.15) is 11.6 Å². The maximum absolute atomic E-state index is 13.8. The van der Waals surface area contributed by atoms with Crippen LogP contribution in [0.25, 0.3) is 28.0 Å². The van der Waals surface area contributed by atoms with E-state index in [-0.39, 0.29) is 36.7 Å². The molecule has 1 aromatic carbocycles. The third-order valence-corrected chi connectivity index (χ3v) is 7.51. The largest absolute Gasteiger partial charge is 0.416 e. The van der Waals surface area contributed by atoms with Crippen molar-refractivity contribution in [3.05, 3.63) is 77.4 Å². The highest BCUT2D eigenvalue weighted by molar-refractivity contribution is 7.90. The smallest absolute Gasteiger partial charge is 0.332 e. The second kappa shape index (κ2) is 9.73. The zero-order valence-corrected chi connectivity index (χ0v) is 21.8. The van der Waals surface area contributed by atoms with Crippen LogP contribution in [0, 0.1) is 0 Å². The number of fused-ring (bicyclic) bond motifs is 1. The van der Waals surface area contributed by atoms with Crippen molar-refractivity contribution in [2.24, 2.45) is 0 Å². The van der Waals surface area contributed by atoms with E-state index >= 15 is 0 Å². The summed E-state index contributed by atoms with van der Waals surface area (Å²) in [5.41, 5.74) is 0.136. The Morgan fingerprint density at radius 2 is 1.82 bits per heavy atom. The van der Waals surface area contributed by atoms with E-state index in [9.17, 15) is 35.6 Å². The van der Waals surface area contributed by atoms with Crippen LogP contribution >= 0.6 is 0 Å². The second-order valence-electron chi connectivity index (χ2n) is 9.45. The van der Waals surface area contributed by atoms with E-state index < -0.39 is 45.0 Å². The summed E-state index contributed by atoms with van der Waals surface area (Å²) < 4.78 is 80.0. The molecule has 1 amide bonds. The first-order valence-corrected chi connectivity index (χ1v) is 13.9. The summed E-state index contributed by atoms with van der Waals surface area (Å²) in [6, 6.07) is 5.08. The summed E-state index contributed by atoms with van der Waals surface area (Å²) in [5, 5.41) is 4.21. The molecule has 210 valence electrons. The van der Waals surface area contributed by atoms with Crippen LogP contribution in [-0.2, 0) is 27.4 Å². The number of carbonyl (C=O) groups is 1. The molecule has 40 heavy (non-hydrogen) atoms. The lowest BCUT2D eigenvalue weighted by molar-refractivity contribution is -0.137. The van der Waals surface area contributed by atoms with Crippen LogP contribution in [0.4, 0.5) is 17.6 Å². The highest BCUT2D eigenvalue weighted by Crippen LogP contribution is 2.34. The Bertz CT molecular complexity index is 1800. The number of carbonyl (C=O) groups excluding carboxylic acids is 1. The number of alkyl halides is 3. The summed E-state index contributed by atoms with van der Waals surface area (Å²) in [6.45, 7) is 3.10. The number of imidazole rings is 1. The number of nitrogens with zero attached hydrogens (tertiary/aromatic N) is 6. The van der Waals surface area contributed by atoms with Crippen LogP contribution in [0.2, 0.25) is 0 Å². The second-order valence-corrected chi connectivity index (χ2v) is 11.7. The van der Waals surface area contributed by atoms with E-state index in [1.54, 1.807) is 12.3 Å². The zero-order valence-electron chi connectivity index (χ0n) is 21.0. The van der Waals surface area contributed by atoms with Gasteiger partial charge in [-0.1, -0.05) is 6.58 Å². The van der Waals surface area contributed by atoms with Crippen molar-refractivity contribution in [3.8, 4) is 16.8 Å². The number of aromatic nitrogens is 5.